The molecule has 0 aromatic heterocycles. The van der Waals surface area contributed by atoms with Crippen molar-refractivity contribution >= 4 is 5.96 Å². The minimum atomic E-state index is 0.677. The van der Waals surface area contributed by atoms with E-state index in [-0.39, 0.29) is 0 Å². The molecule has 2 N–H and O–H groups in total. The zero-order valence-corrected chi connectivity index (χ0v) is 17.3. The van der Waals surface area contributed by atoms with Gasteiger partial charge in [0.2, 0.25) is 0 Å². The third-order valence-corrected chi connectivity index (χ3v) is 6.65. The average molecular weight is 361 g/mol. The largest absolute Gasteiger partial charge is 0.346 e. The maximum Gasteiger partial charge on any atom is 0.346 e. The van der Waals surface area contributed by atoms with Crippen molar-refractivity contribution < 1.29 is 4.58 Å². The third kappa shape index (κ3) is 5.27. The van der Waals surface area contributed by atoms with Gasteiger partial charge >= 0.3 is 5.96 Å². The van der Waals surface area contributed by atoms with Gasteiger partial charge in [0, 0.05) is 12.8 Å². The normalized spacial score (nSPS) is 30.4. The topological polar surface area (TPSA) is 27.1 Å². The van der Waals surface area contributed by atoms with Gasteiger partial charge in [-0.25, -0.2) is 0 Å². The van der Waals surface area contributed by atoms with Crippen LogP contribution in [0.3, 0.4) is 0 Å². The molecule has 0 saturated carbocycles. The number of hydrogen-bond acceptors (Lipinski definition) is 2. The van der Waals surface area contributed by atoms with Crippen LogP contribution in [0.2, 0.25) is 0 Å². The Morgan fingerprint density at radius 3 is 2.15 bits per heavy atom. The van der Waals surface area contributed by atoms with Crippen LogP contribution >= 0.6 is 0 Å². The first kappa shape index (κ1) is 19.8. The Morgan fingerprint density at radius 2 is 1.50 bits per heavy atom. The van der Waals surface area contributed by atoms with Gasteiger partial charge in [-0.2, -0.15) is 0 Å². The zero-order valence-electron chi connectivity index (χ0n) is 17.3. The molecule has 3 rings (SSSR count). The van der Waals surface area contributed by atoms with Crippen molar-refractivity contribution in [3.8, 4) is 0 Å². The van der Waals surface area contributed by atoms with Crippen LogP contribution in [0.5, 0.6) is 0 Å². The van der Waals surface area contributed by atoms with Crippen LogP contribution in [0.1, 0.15) is 104 Å². The average Bonchev–Trinajstić information content (AvgIpc) is 3.05. The van der Waals surface area contributed by atoms with Crippen molar-refractivity contribution in [3.05, 3.63) is 12.2 Å². The van der Waals surface area contributed by atoms with E-state index in [0.29, 0.717) is 12.1 Å². The van der Waals surface area contributed by atoms with Gasteiger partial charge in [0.15, 0.2) is 0 Å². The van der Waals surface area contributed by atoms with E-state index in [1.165, 1.54) is 95.9 Å². The number of rotatable bonds is 11. The number of guanidine groups is 1. The van der Waals surface area contributed by atoms with E-state index in [2.05, 4.69) is 41.2 Å². The van der Waals surface area contributed by atoms with Crippen LogP contribution in [0, 0.1) is 0 Å². The fourth-order valence-corrected chi connectivity index (χ4v) is 5.28. The minimum absolute atomic E-state index is 0.677. The van der Waals surface area contributed by atoms with Gasteiger partial charge < -0.3 is 0 Å². The van der Waals surface area contributed by atoms with Crippen molar-refractivity contribution in [3.63, 3.8) is 0 Å². The second-order valence-electron chi connectivity index (χ2n) is 8.81. The van der Waals surface area contributed by atoms with Crippen molar-refractivity contribution in [1.29, 1.82) is 0 Å². The Labute approximate surface area is 161 Å². The summed E-state index contributed by atoms with van der Waals surface area (Å²) in [6.07, 6.45) is 23.6. The maximum atomic E-state index is 3.91. The van der Waals surface area contributed by atoms with Crippen LogP contribution in [-0.4, -0.2) is 34.7 Å². The van der Waals surface area contributed by atoms with Gasteiger partial charge in [0.1, 0.15) is 0 Å². The molecule has 0 radical (unpaired) electrons. The fraction of sp³-hybridized carbons (Fsp3) is 0.870. The van der Waals surface area contributed by atoms with Gasteiger partial charge in [0.25, 0.3) is 0 Å². The van der Waals surface area contributed by atoms with E-state index in [4.69, 9.17) is 0 Å². The van der Waals surface area contributed by atoms with Crippen molar-refractivity contribution in [2.24, 2.45) is 0 Å². The lowest BCUT2D eigenvalue weighted by Gasteiger charge is -2.36. The summed E-state index contributed by atoms with van der Waals surface area (Å²) in [6.45, 7) is 4.52. The molecule has 3 aliphatic rings. The highest BCUT2D eigenvalue weighted by Gasteiger charge is 2.45. The second kappa shape index (κ2) is 10.4. The van der Waals surface area contributed by atoms with Crippen molar-refractivity contribution in [2.75, 3.05) is 0 Å². The lowest BCUT2D eigenvalue weighted by atomic mass is 9.97. The molecule has 4 atom stereocenters. The summed E-state index contributed by atoms with van der Waals surface area (Å²) in [5.74, 6) is 1.39. The van der Waals surface area contributed by atoms with E-state index in [1.807, 2.05) is 0 Å². The molecule has 3 aliphatic heterocycles. The molecular formula is C23H42N3+. The number of nitrogens with one attached hydrogen (secondary N) is 2. The quantitative estimate of drug-likeness (QED) is 0.304. The Bertz CT molecular complexity index is 482. The molecule has 0 aliphatic carbocycles. The lowest BCUT2D eigenvalue weighted by molar-refractivity contribution is -0.593. The summed E-state index contributed by atoms with van der Waals surface area (Å²) in [7, 11) is 0. The summed E-state index contributed by atoms with van der Waals surface area (Å²) in [5, 5.41) is 7.80. The molecule has 3 heterocycles. The second-order valence-corrected chi connectivity index (χ2v) is 8.81. The molecule has 0 amide bonds. The molecule has 1 saturated heterocycles. The Balaban J connectivity index is 1.47. The highest BCUT2D eigenvalue weighted by atomic mass is 15.3. The summed E-state index contributed by atoms with van der Waals surface area (Å²) >= 11 is 0. The van der Waals surface area contributed by atoms with Crippen LogP contribution in [0.15, 0.2) is 12.2 Å². The number of allylic oxidation sites excluding steroid dienone is 2. The van der Waals surface area contributed by atoms with E-state index >= 15 is 0 Å². The molecular weight excluding hydrogens is 318 g/mol. The number of hydrogen-bond donors (Lipinski definition) is 2. The van der Waals surface area contributed by atoms with Crippen molar-refractivity contribution in [1.82, 2.24) is 10.6 Å². The van der Waals surface area contributed by atoms with Gasteiger partial charge in [-0.3, -0.25) is 15.2 Å². The van der Waals surface area contributed by atoms with E-state index < -0.39 is 0 Å². The summed E-state index contributed by atoms with van der Waals surface area (Å²) in [4.78, 5) is 0. The summed E-state index contributed by atoms with van der Waals surface area (Å²) in [5.41, 5.74) is 0. The molecule has 0 bridgehead atoms. The Hall–Kier alpha value is -0.990. The molecule has 26 heavy (non-hydrogen) atoms. The summed E-state index contributed by atoms with van der Waals surface area (Å²) in [6, 6.07) is 2.98. The number of nitrogens with zero attached hydrogens (tertiary/aromatic N) is 1. The first-order chi connectivity index (χ1) is 12.8. The lowest BCUT2D eigenvalue weighted by Crippen LogP contribution is -2.62. The maximum absolute atomic E-state index is 3.91. The van der Waals surface area contributed by atoms with Crippen LogP contribution in [-0.2, 0) is 0 Å². The smallest absolute Gasteiger partial charge is 0.275 e. The Morgan fingerprint density at radius 1 is 0.846 bits per heavy atom. The highest BCUT2D eigenvalue weighted by Crippen LogP contribution is 2.32. The standard InChI is InChI=1S/C23H41N3/c1-3-5-7-9-11-13-19-17-21-15-16-22-18-20(14-12-10-8-6-4-2)25-23(24-19)26(21)22/h5,7,19-22H,3-4,6,8-18H2,1-2H3,(H,24,25)/p+1. The van der Waals surface area contributed by atoms with Gasteiger partial charge in [-0.1, -0.05) is 58.1 Å². The molecule has 4 unspecified atom stereocenters. The molecule has 0 aromatic carbocycles. The zero-order chi connectivity index (χ0) is 18.2. The van der Waals surface area contributed by atoms with Gasteiger partial charge in [-0.05, 0) is 44.9 Å². The van der Waals surface area contributed by atoms with Crippen LogP contribution in [0.25, 0.3) is 0 Å². The molecule has 0 aromatic rings. The highest BCUT2D eigenvalue weighted by molar-refractivity contribution is 5.76. The van der Waals surface area contributed by atoms with Crippen LogP contribution in [0.4, 0.5) is 0 Å². The molecule has 3 heteroatoms. The molecule has 1 fully saturated rings. The van der Waals surface area contributed by atoms with Gasteiger partial charge in [-0.15, -0.1) is 0 Å². The predicted octanol–water partition coefficient (Wildman–Crippen LogP) is 5.11. The van der Waals surface area contributed by atoms with Crippen LogP contribution < -0.4 is 10.6 Å². The van der Waals surface area contributed by atoms with E-state index in [1.54, 1.807) is 0 Å². The summed E-state index contributed by atoms with van der Waals surface area (Å²) < 4.78 is 2.72. The fourth-order valence-electron chi connectivity index (χ4n) is 5.28. The Kier molecular flexibility index (Phi) is 7.88. The van der Waals surface area contributed by atoms with Crippen molar-refractivity contribution in [2.45, 2.75) is 128 Å². The predicted molar refractivity (Wildman–Crippen MR) is 112 cm³/mol. The SMILES string of the molecule is CCC=CCCCC1CC2CCC3CC(CCCCCCC)NC(=[N+]23)N1. The third-order valence-electron chi connectivity index (χ3n) is 6.65. The molecule has 148 valence electrons. The monoisotopic (exact) mass is 360 g/mol. The van der Waals surface area contributed by atoms with E-state index in [0.717, 1.165) is 12.1 Å². The van der Waals surface area contributed by atoms with Gasteiger partial charge in [0.05, 0.1) is 24.2 Å². The minimum Gasteiger partial charge on any atom is -0.275 e. The first-order valence-corrected chi connectivity index (χ1v) is 11.6. The molecule has 3 nitrogen and oxygen atoms in total. The molecule has 0 spiro atoms. The number of unbranched alkanes of at least 4 members (excludes halogenated alkanes) is 5. The first-order valence-electron chi connectivity index (χ1n) is 11.6. The van der Waals surface area contributed by atoms with E-state index in [9.17, 15) is 0 Å².